The van der Waals surface area contributed by atoms with E-state index in [1.807, 2.05) is 6.92 Å². The predicted molar refractivity (Wildman–Crippen MR) is 254 cm³/mol. The summed E-state index contributed by atoms with van der Waals surface area (Å²) in [5.41, 5.74) is 10.1. The summed E-state index contributed by atoms with van der Waals surface area (Å²) in [6.45, 7) is 10.5. The smallest absolute Gasteiger partial charge is 0.317 e. The Hall–Kier alpha value is -5.75. The number of methoxy groups -OCH3 is 1. The molecule has 2 saturated heterocycles. The fraction of sp³-hybridized carbons (Fsp3) is 0.460. The van der Waals surface area contributed by atoms with Gasteiger partial charge in [0.2, 0.25) is 0 Å². The van der Waals surface area contributed by atoms with E-state index in [4.69, 9.17) is 15.6 Å². The third-order valence-electron chi connectivity index (χ3n) is 13.2. The highest BCUT2D eigenvalue weighted by molar-refractivity contribution is 6.05. The van der Waals surface area contributed by atoms with E-state index in [0.29, 0.717) is 81.8 Å². The Balaban J connectivity index is 0.000000187. The second-order valence-corrected chi connectivity index (χ2v) is 17.3. The van der Waals surface area contributed by atoms with E-state index in [2.05, 4.69) is 38.0 Å². The van der Waals surface area contributed by atoms with Crippen LogP contribution >= 0.6 is 0 Å². The summed E-state index contributed by atoms with van der Waals surface area (Å²) in [6.07, 6.45) is 4.06. The minimum atomic E-state index is -0.420. The molecule has 4 aliphatic rings. The molecule has 2 spiro atoms. The number of nitrogens with zero attached hydrogens (tertiary/aromatic N) is 3. The maximum absolute atomic E-state index is 13.9. The fourth-order valence-electron chi connectivity index (χ4n) is 9.77. The van der Waals surface area contributed by atoms with E-state index in [9.17, 15) is 31.9 Å². The topological polar surface area (TPSA) is 165 Å². The van der Waals surface area contributed by atoms with Crippen LogP contribution in [0.4, 0.5) is 45.1 Å². The largest absolute Gasteiger partial charge is 0.395 e. The Bertz CT molecular complexity index is 2340. The van der Waals surface area contributed by atoms with E-state index in [0.717, 1.165) is 55.0 Å². The maximum atomic E-state index is 13.9. The minimum Gasteiger partial charge on any atom is -0.395 e. The van der Waals surface area contributed by atoms with Crippen molar-refractivity contribution in [1.29, 1.82) is 0 Å². The second-order valence-electron chi connectivity index (χ2n) is 17.3. The van der Waals surface area contributed by atoms with Crippen LogP contribution < -0.4 is 36.8 Å². The highest BCUT2D eigenvalue weighted by Gasteiger charge is 2.47. The van der Waals surface area contributed by atoms with E-state index in [1.165, 1.54) is 36.4 Å². The molecule has 0 aliphatic carbocycles. The standard InChI is InChI=1S/C25H30F2N4O3.C15H19FN2O.C10H15FN2O/c1-2-31-22-6-4-18(26)14-19(22)23(33)15-25(31)7-10-30(11-8-25)24(34)29-16-17-3-5-20(27)21(13-17)28-9-12-32;1-2-18-13-4-3-11(16)9-12(13)14(19)10-15(18)5-7-17-8-6-15;1-14-5-4-13-10-6-8(7-12)2-3-9(10)11/h3-6,13-14,28,32H,2,7-12,15-16H2,1H3,(H,29,34);3-4,9,17H,2,5-8,10H2,1H3;2-3,6,13H,4-5,7,12H2,1H3. The van der Waals surface area contributed by atoms with Crippen LogP contribution in [0.15, 0.2) is 72.8 Å². The number of urea groups is 1. The van der Waals surface area contributed by atoms with Crippen molar-refractivity contribution in [3.05, 3.63) is 118 Å². The van der Waals surface area contributed by atoms with Crippen molar-refractivity contribution >= 4 is 40.3 Å². The van der Waals surface area contributed by atoms with Crippen LogP contribution in [0.25, 0.3) is 0 Å². The molecule has 8 rings (SSSR count). The van der Waals surface area contributed by atoms with Gasteiger partial charge in [0.25, 0.3) is 0 Å². The van der Waals surface area contributed by atoms with Gasteiger partial charge in [0.05, 0.1) is 30.1 Å². The highest BCUT2D eigenvalue weighted by Crippen LogP contribution is 2.44. The van der Waals surface area contributed by atoms with Crippen molar-refractivity contribution in [2.75, 3.05) is 93.1 Å². The summed E-state index contributed by atoms with van der Waals surface area (Å²) >= 11 is 0. The highest BCUT2D eigenvalue weighted by atomic mass is 19.1. The van der Waals surface area contributed by atoms with Gasteiger partial charge < -0.3 is 51.5 Å². The number of carbonyl (C=O) groups excluding carboxylic acids is 3. The summed E-state index contributed by atoms with van der Waals surface area (Å²) in [5.74, 6) is -1.40. The Labute approximate surface area is 390 Å². The van der Waals surface area contributed by atoms with Gasteiger partial charge in [-0.3, -0.25) is 9.59 Å². The number of piperidine rings is 2. The third kappa shape index (κ3) is 12.1. The summed E-state index contributed by atoms with van der Waals surface area (Å²) < 4.78 is 59.0. The Morgan fingerprint density at radius 2 is 1.24 bits per heavy atom. The van der Waals surface area contributed by atoms with Crippen LogP contribution in [0.2, 0.25) is 0 Å². The molecule has 2 amide bonds. The zero-order chi connectivity index (χ0) is 48.1. The number of anilines is 4. The number of halogens is 4. The quantitative estimate of drug-likeness (QED) is 0.0628. The molecule has 0 saturated carbocycles. The third-order valence-corrected chi connectivity index (χ3v) is 13.2. The lowest BCUT2D eigenvalue weighted by Crippen LogP contribution is -2.60. The van der Waals surface area contributed by atoms with Gasteiger partial charge in [-0.2, -0.15) is 0 Å². The van der Waals surface area contributed by atoms with Crippen LogP contribution in [0.5, 0.6) is 0 Å². The summed E-state index contributed by atoms with van der Waals surface area (Å²) in [5, 5.41) is 20.9. The molecule has 2 fully saturated rings. The molecule has 0 aromatic heterocycles. The van der Waals surface area contributed by atoms with Gasteiger partial charge >= 0.3 is 6.03 Å². The molecule has 67 heavy (non-hydrogen) atoms. The lowest BCUT2D eigenvalue weighted by atomic mass is 9.76. The Morgan fingerprint density at radius 3 is 1.75 bits per heavy atom. The molecule has 0 atom stereocenters. The first kappa shape index (κ1) is 50.7. The first-order valence-corrected chi connectivity index (χ1v) is 23.1. The molecule has 4 aliphatic heterocycles. The molecule has 4 aromatic carbocycles. The molecular weight excluding hydrogens is 869 g/mol. The number of aliphatic hydroxyl groups excluding tert-OH is 1. The lowest BCUT2D eigenvalue weighted by molar-refractivity contribution is 0.0882. The number of benzene rings is 4. The number of fused-ring (bicyclic) bond motifs is 2. The number of likely N-dealkylation sites (tertiary alicyclic amines) is 1. The second kappa shape index (κ2) is 23.3. The van der Waals surface area contributed by atoms with Crippen molar-refractivity contribution in [3.8, 4) is 0 Å². The van der Waals surface area contributed by atoms with Crippen LogP contribution in [-0.2, 0) is 17.8 Å². The van der Waals surface area contributed by atoms with Crippen LogP contribution in [0.1, 0.15) is 84.2 Å². The molecule has 7 N–H and O–H groups in total. The number of ketones is 2. The molecule has 4 heterocycles. The molecule has 17 heteroatoms. The number of nitrogens with one attached hydrogen (secondary N) is 4. The van der Waals surface area contributed by atoms with E-state index in [1.54, 1.807) is 48.4 Å². The minimum absolute atomic E-state index is 0.0565. The molecule has 0 bridgehead atoms. The van der Waals surface area contributed by atoms with Gasteiger partial charge in [-0.15, -0.1) is 0 Å². The number of hydrogen-bond acceptors (Lipinski definition) is 11. The number of aliphatic hydroxyl groups is 1. The van der Waals surface area contributed by atoms with E-state index >= 15 is 0 Å². The molecule has 4 aromatic rings. The number of amides is 2. The average molecular weight is 933 g/mol. The van der Waals surface area contributed by atoms with Crippen molar-refractivity contribution < 1.29 is 41.8 Å². The zero-order valence-corrected chi connectivity index (χ0v) is 38.7. The number of hydrogen-bond donors (Lipinski definition) is 6. The molecule has 362 valence electrons. The van der Waals surface area contributed by atoms with Gasteiger partial charge in [-0.1, -0.05) is 12.1 Å². The number of nitrogens with two attached hydrogens (primary N) is 1. The molecule has 0 unspecified atom stereocenters. The lowest BCUT2D eigenvalue weighted by Gasteiger charge is -2.52. The van der Waals surface area contributed by atoms with Crippen LogP contribution in [0.3, 0.4) is 0 Å². The summed E-state index contributed by atoms with van der Waals surface area (Å²) in [4.78, 5) is 44.2. The van der Waals surface area contributed by atoms with Gasteiger partial charge in [0.1, 0.15) is 23.3 Å². The number of rotatable bonds is 12. The van der Waals surface area contributed by atoms with Gasteiger partial charge in [0, 0.05) is 100 Å². The Kier molecular flexibility index (Phi) is 17.6. The SMILES string of the molecule is CCN1c2ccc(F)cc2C(=O)CC12CCN(C(=O)NCc1ccc(F)c(NCCO)c1)CC2.CCN1c2ccc(F)cc2C(=O)CC12CCNCC2.COCCNc1cc(CN)ccc1F. The van der Waals surface area contributed by atoms with E-state index in [-0.39, 0.29) is 65.7 Å². The average Bonchev–Trinajstić information content (AvgIpc) is 3.33. The first-order chi connectivity index (χ1) is 32.3. The van der Waals surface area contributed by atoms with Crippen molar-refractivity contribution in [1.82, 2.24) is 15.5 Å². The Morgan fingerprint density at radius 1 is 0.731 bits per heavy atom. The number of carbonyl (C=O) groups is 3. The predicted octanol–water partition coefficient (Wildman–Crippen LogP) is 7.23. The summed E-state index contributed by atoms with van der Waals surface area (Å²) in [7, 11) is 1.61. The van der Waals surface area contributed by atoms with Crippen molar-refractivity contribution in [2.45, 2.75) is 76.5 Å². The summed E-state index contributed by atoms with van der Waals surface area (Å²) in [6, 6.07) is 18.1. The van der Waals surface area contributed by atoms with Crippen molar-refractivity contribution in [3.63, 3.8) is 0 Å². The number of ether oxygens (including phenoxy) is 1. The molecular formula is C50H64F4N8O5. The number of Topliss-reactive ketones (excluding diaryl/α,β-unsaturated/α-hetero) is 2. The van der Waals surface area contributed by atoms with Gasteiger partial charge in [0.15, 0.2) is 11.6 Å². The normalized spacial score (nSPS) is 16.9. The first-order valence-electron chi connectivity index (χ1n) is 23.1. The van der Waals surface area contributed by atoms with Gasteiger partial charge in [-0.05, 0) is 124 Å². The van der Waals surface area contributed by atoms with E-state index < -0.39 is 11.6 Å². The molecule has 0 radical (unpaired) electrons. The van der Waals surface area contributed by atoms with Gasteiger partial charge in [-0.25, -0.2) is 22.4 Å². The molecule has 13 nitrogen and oxygen atoms in total. The fourth-order valence-corrected chi connectivity index (χ4v) is 9.77. The maximum Gasteiger partial charge on any atom is 0.317 e. The van der Waals surface area contributed by atoms with Crippen LogP contribution in [0, 0.1) is 23.3 Å². The zero-order valence-electron chi connectivity index (χ0n) is 38.7. The monoisotopic (exact) mass is 932 g/mol. The van der Waals surface area contributed by atoms with Crippen molar-refractivity contribution in [2.24, 2.45) is 5.73 Å². The van der Waals surface area contributed by atoms with Crippen LogP contribution in [-0.4, -0.2) is 111 Å².